The van der Waals surface area contributed by atoms with Crippen LogP contribution in [0.4, 0.5) is 5.69 Å². The summed E-state index contributed by atoms with van der Waals surface area (Å²) < 4.78 is 26.2. The normalized spacial score (nSPS) is 12.2. The highest BCUT2D eigenvalue weighted by Crippen LogP contribution is 2.28. The number of likely N-dealkylation sites (N-methyl/N-ethyl adjacent to an activating group) is 1. The molecule has 10 heteroatoms. The van der Waals surface area contributed by atoms with Gasteiger partial charge in [-0.1, -0.05) is 47.5 Å². The zero-order chi connectivity index (χ0) is 25.5. The summed E-state index contributed by atoms with van der Waals surface area (Å²) in [5.41, 5.74) is 1.85. The fourth-order valence-corrected chi connectivity index (χ4v) is 4.94. The van der Waals surface area contributed by atoms with Gasteiger partial charge in [0, 0.05) is 36.1 Å². The molecule has 1 atom stereocenters. The minimum atomic E-state index is -3.60. The summed E-state index contributed by atoms with van der Waals surface area (Å²) in [6.07, 6.45) is 1.44. The van der Waals surface area contributed by atoms with Crippen molar-refractivity contribution in [2.45, 2.75) is 46.2 Å². The number of nitrogens with one attached hydrogen (secondary N) is 1. The number of carbonyl (C=O) groups is 2. The molecule has 2 aromatic rings. The van der Waals surface area contributed by atoms with Gasteiger partial charge in [0.15, 0.2) is 0 Å². The number of anilines is 1. The van der Waals surface area contributed by atoms with Crippen molar-refractivity contribution >= 4 is 50.7 Å². The van der Waals surface area contributed by atoms with Crippen LogP contribution in [0.15, 0.2) is 42.5 Å². The van der Waals surface area contributed by atoms with Crippen molar-refractivity contribution in [1.29, 1.82) is 0 Å². The zero-order valence-corrected chi connectivity index (χ0v) is 22.2. The summed E-state index contributed by atoms with van der Waals surface area (Å²) in [4.78, 5) is 27.2. The first kappa shape index (κ1) is 28.0. The Morgan fingerprint density at radius 2 is 1.71 bits per heavy atom. The lowest BCUT2D eigenvalue weighted by Gasteiger charge is -2.30. The summed E-state index contributed by atoms with van der Waals surface area (Å²) in [6.45, 7) is 5.93. The third-order valence-electron chi connectivity index (χ3n) is 5.48. The second-order valence-corrected chi connectivity index (χ2v) is 10.7. The molecular weight excluding hydrogens is 497 g/mol. The highest BCUT2D eigenvalue weighted by atomic mass is 35.5. The van der Waals surface area contributed by atoms with E-state index in [4.69, 9.17) is 23.2 Å². The Bertz CT molecular complexity index is 1120. The maximum absolute atomic E-state index is 13.2. The summed E-state index contributed by atoms with van der Waals surface area (Å²) in [5, 5.41) is 3.71. The van der Waals surface area contributed by atoms with Gasteiger partial charge < -0.3 is 10.2 Å². The molecule has 2 amide bonds. The Labute approximate surface area is 212 Å². The molecule has 7 nitrogen and oxygen atoms in total. The minimum Gasteiger partial charge on any atom is -0.355 e. The fourth-order valence-electron chi connectivity index (χ4n) is 3.56. The van der Waals surface area contributed by atoms with E-state index >= 15 is 0 Å². The van der Waals surface area contributed by atoms with Crippen LogP contribution >= 0.6 is 23.2 Å². The fraction of sp³-hybridized carbons (Fsp3) is 0.417. The standard InChI is InChI=1S/C24H31Cl2N3O4S/c1-5-27-24(31)18(3)28(16-19-10-6-7-11-21(19)26)23(30)14-9-15-29(34(4,32)33)22-13-8-12-20(25)17(22)2/h6-8,10-13,18H,5,9,14-16H2,1-4H3,(H,27,31)/t18-/m1/s1. The Morgan fingerprint density at radius 3 is 2.32 bits per heavy atom. The van der Waals surface area contributed by atoms with E-state index in [-0.39, 0.29) is 37.7 Å². The summed E-state index contributed by atoms with van der Waals surface area (Å²) in [5.74, 6) is -0.537. The van der Waals surface area contributed by atoms with Gasteiger partial charge in [-0.2, -0.15) is 0 Å². The van der Waals surface area contributed by atoms with Crippen LogP contribution in [0.3, 0.4) is 0 Å². The number of hydrogen-bond donors (Lipinski definition) is 1. The Hall–Kier alpha value is -2.29. The van der Waals surface area contributed by atoms with Crippen molar-refractivity contribution < 1.29 is 18.0 Å². The molecule has 2 rings (SSSR count). The van der Waals surface area contributed by atoms with Crippen molar-refractivity contribution in [3.05, 3.63) is 63.6 Å². The first-order valence-corrected chi connectivity index (χ1v) is 13.6. The second kappa shape index (κ2) is 12.4. The molecule has 186 valence electrons. The predicted molar refractivity (Wildman–Crippen MR) is 138 cm³/mol. The molecule has 0 unspecified atom stereocenters. The Balaban J connectivity index is 2.20. The molecule has 0 saturated heterocycles. The first-order valence-electron chi connectivity index (χ1n) is 11.0. The van der Waals surface area contributed by atoms with E-state index in [0.717, 1.165) is 11.8 Å². The summed E-state index contributed by atoms with van der Waals surface area (Å²) in [7, 11) is -3.60. The lowest BCUT2D eigenvalue weighted by atomic mass is 10.1. The molecule has 0 aliphatic carbocycles. The molecule has 2 aromatic carbocycles. The van der Waals surface area contributed by atoms with Crippen molar-refractivity contribution in [3.63, 3.8) is 0 Å². The number of benzene rings is 2. The number of rotatable bonds is 11. The molecule has 0 aliphatic rings. The van der Waals surface area contributed by atoms with E-state index in [2.05, 4.69) is 5.32 Å². The van der Waals surface area contributed by atoms with Gasteiger partial charge in [-0.3, -0.25) is 13.9 Å². The van der Waals surface area contributed by atoms with Crippen LogP contribution in [0, 0.1) is 6.92 Å². The molecule has 0 bridgehead atoms. The second-order valence-electron chi connectivity index (χ2n) is 8.01. The Morgan fingerprint density at radius 1 is 1.06 bits per heavy atom. The van der Waals surface area contributed by atoms with Crippen LogP contribution in [-0.4, -0.2) is 50.5 Å². The topological polar surface area (TPSA) is 86.8 Å². The van der Waals surface area contributed by atoms with E-state index in [1.54, 1.807) is 50.2 Å². The smallest absolute Gasteiger partial charge is 0.242 e. The molecule has 0 aliphatic heterocycles. The molecule has 0 radical (unpaired) electrons. The van der Waals surface area contributed by atoms with Crippen LogP contribution in [0.2, 0.25) is 10.0 Å². The van der Waals surface area contributed by atoms with Gasteiger partial charge >= 0.3 is 0 Å². The van der Waals surface area contributed by atoms with Gasteiger partial charge in [0.2, 0.25) is 21.8 Å². The molecule has 1 N–H and O–H groups in total. The predicted octanol–water partition coefficient (Wildman–Crippen LogP) is 4.40. The first-order chi connectivity index (χ1) is 16.0. The lowest BCUT2D eigenvalue weighted by Crippen LogP contribution is -2.47. The van der Waals surface area contributed by atoms with Crippen LogP contribution in [0.5, 0.6) is 0 Å². The van der Waals surface area contributed by atoms with Crippen molar-refractivity contribution in [3.8, 4) is 0 Å². The average Bonchev–Trinajstić information content (AvgIpc) is 2.77. The van der Waals surface area contributed by atoms with E-state index < -0.39 is 16.1 Å². The molecular formula is C24H31Cl2N3O4S. The SMILES string of the molecule is CCNC(=O)[C@@H](C)N(Cc1ccccc1Cl)C(=O)CCCN(c1cccc(Cl)c1C)S(C)(=O)=O. The van der Waals surface area contributed by atoms with Crippen molar-refractivity contribution in [2.24, 2.45) is 0 Å². The van der Waals surface area contributed by atoms with E-state index in [0.29, 0.717) is 27.8 Å². The zero-order valence-electron chi connectivity index (χ0n) is 19.8. The molecule has 0 spiro atoms. The number of amides is 2. The van der Waals surface area contributed by atoms with Crippen molar-refractivity contribution in [2.75, 3.05) is 23.7 Å². The molecule has 0 fully saturated rings. The molecule has 0 saturated carbocycles. The van der Waals surface area contributed by atoms with Gasteiger partial charge in [0.1, 0.15) is 6.04 Å². The number of hydrogen-bond acceptors (Lipinski definition) is 4. The van der Waals surface area contributed by atoms with Gasteiger partial charge in [0.05, 0.1) is 11.9 Å². The van der Waals surface area contributed by atoms with Crippen molar-refractivity contribution in [1.82, 2.24) is 10.2 Å². The van der Waals surface area contributed by atoms with Gasteiger partial charge in [0.25, 0.3) is 0 Å². The van der Waals surface area contributed by atoms with Gasteiger partial charge in [-0.05, 0) is 56.5 Å². The summed E-state index contributed by atoms with van der Waals surface area (Å²) in [6, 6.07) is 11.5. The monoisotopic (exact) mass is 527 g/mol. The highest BCUT2D eigenvalue weighted by molar-refractivity contribution is 7.92. The maximum Gasteiger partial charge on any atom is 0.242 e. The molecule has 0 heterocycles. The highest BCUT2D eigenvalue weighted by Gasteiger charge is 2.27. The number of halogens is 2. The van der Waals surface area contributed by atoms with E-state index in [1.165, 1.54) is 9.21 Å². The molecule has 34 heavy (non-hydrogen) atoms. The largest absolute Gasteiger partial charge is 0.355 e. The van der Waals surface area contributed by atoms with Crippen LogP contribution < -0.4 is 9.62 Å². The third kappa shape index (κ3) is 7.35. The van der Waals surface area contributed by atoms with Crippen LogP contribution in [-0.2, 0) is 26.2 Å². The Kier molecular flexibility index (Phi) is 10.2. The molecule has 0 aromatic heterocycles. The maximum atomic E-state index is 13.2. The third-order valence-corrected chi connectivity index (χ3v) is 7.43. The van der Waals surface area contributed by atoms with E-state index in [1.807, 2.05) is 13.0 Å². The van der Waals surface area contributed by atoms with Crippen LogP contribution in [0.25, 0.3) is 0 Å². The minimum absolute atomic E-state index is 0.0554. The average molecular weight is 529 g/mol. The lowest BCUT2D eigenvalue weighted by molar-refractivity contribution is -0.140. The van der Waals surface area contributed by atoms with Gasteiger partial charge in [-0.15, -0.1) is 0 Å². The number of sulfonamides is 1. The van der Waals surface area contributed by atoms with Gasteiger partial charge in [-0.25, -0.2) is 8.42 Å². The van der Waals surface area contributed by atoms with Crippen LogP contribution in [0.1, 0.15) is 37.8 Å². The quantitative estimate of drug-likeness (QED) is 0.469. The number of carbonyl (C=O) groups excluding carboxylic acids is 2. The summed E-state index contributed by atoms with van der Waals surface area (Å²) >= 11 is 12.5. The van der Waals surface area contributed by atoms with E-state index in [9.17, 15) is 18.0 Å². The number of nitrogens with zero attached hydrogens (tertiary/aromatic N) is 2.